The van der Waals surface area contributed by atoms with Crippen molar-refractivity contribution in [2.75, 3.05) is 18.0 Å². The molecule has 0 radical (unpaired) electrons. The van der Waals surface area contributed by atoms with Crippen LogP contribution in [0.2, 0.25) is 0 Å². The van der Waals surface area contributed by atoms with E-state index < -0.39 is 0 Å². The van der Waals surface area contributed by atoms with Crippen LogP contribution < -0.4 is 4.90 Å². The molecule has 1 fully saturated rings. The molecule has 1 aliphatic heterocycles. The summed E-state index contributed by atoms with van der Waals surface area (Å²) in [4.78, 5) is 14.4. The highest BCUT2D eigenvalue weighted by Crippen LogP contribution is 2.27. The first-order valence-electron chi connectivity index (χ1n) is 6.29. The predicted octanol–water partition coefficient (Wildman–Crippen LogP) is 2.50. The average molecular weight is 230 g/mol. The maximum atomic E-state index is 4.46. The van der Waals surface area contributed by atoms with Gasteiger partial charge in [-0.05, 0) is 31.7 Å². The van der Waals surface area contributed by atoms with Gasteiger partial charge in [-0.3, -0.25) is 0 Å². The minimum absolute atomic E-state index is 0.844. The van der Waals surface area contributed by atoms with Crippen LogP contribution in [-0.2, 0) is 0 Å². The molecule has 2 aromatic heterocycles. The molecule has 0 bridgehead atoms. The zero-order valence-electron chi connectivity index (χ0n) is 10.4. The van der Waals surface area contributed by atoms with E-state index in [2.05, 4.69) is 39.8 Å². The number of hydrogen-bond acceptors (Lipinski definition) is 3. The van der Waals surface area contributed by atoms with E-state index in [1.807, 2.05) is 0 Å². The van der Waals surface area contributed by atoms with E-state index in [9.17, 15) is 0 Å². The Balaban J connectivity index is 1.99. The molecule has 1 aliphatic rings. The minimum Gasteiger partial charge on any atom is -0.356 e. The molecule has 90 valence electrons. The molecule has 0 spiro atoms. The molecule has 3 heterocycles. The van der Waals surface area contributed by atoms with E-state index in [0.717, 1.165) is 41.6 Å². The van der Waals surface area contributed by atoms with E-state index in [0.29, 0.717) is 0 Å². The number of hydrogen-bond donors (Lipinski definition) is 1. The van der Waals surface area contributed by atoms with Gasteiger partial charge in [0, 0.05) is 18.8 Å². The van der Waals surface area contributed by atoms with Gasteiger partial charge in [0.15, 0.2) is 0 Å². The Kier molecular flexibility index (Phi) is 2.50. The van der Waals surface area contributed by atoms with Gasteiger partial charge in [-0.2, -0.15) is 0 Å². The van der Waals surface area contributed by atoms with Gasteiger partial charge in [-0.15, -0.1) is 0 Å². The van der Waals surface area contributed by atoms with Crippen molar-refractivity contribution in [2.24, 2.45) is 5.92 Å². The summed E-state index contributed by atoms with van der Waals surface area (Å²) >= 11 is 0. The molecular formula is C13H18N4. The van der Waals surface area contributed by atoms with Crippen molar-refractivity contribution in [3.63, 3.8) is 0 Å². The Labute approximate surface area is 101 Å². The number of anilines is 1. The van der Waals surface area contributed by atoms with E-state index >= 15 is 0 Å². The van der Waals surface area contributed by atoms with Gasteiger partial charge in [0.2, 0.25) is 0 Å². The Morgan fingerprint density at radius 3 is 2.82 bits per heavy atom. The quantitative estimate of drug-likeness (QED) is 0.818. The highest BCUT2D eigenvalue weighted by Gasteiger charge is 2.19. The molecule has 0 aromatic carbocycles. The fourth-order valence-corrected chi connectivity index (χ4v) is 2.53. The van der Waals surface area contributed by atoms with Crippen LogP contribution in [0.5, 0.6) is 0 Å². The van der Waals surface area contributed by atoms with Gasteiger partial charge < -0.3 is 9.88 Å². The van der Waals surface area contributed by atoms with Crippen molar-refractivity contribution >= 4 is 16.9 Å². The van der Waals surface area contributed by atoms with Gasteiger partial charge in [-0.25, -0.2) is 9.97 Å². The fraction of sp³-hybridized carbons (Fsp3) is 0.538. The zero-order chi connectivity index (χ0) is 11.8. The van der Waals surface area contributed by atoms with Crippen LogP contribution in [0.4, 0.5) is 5.82 Å². The number of nitrogens with one attached hydrogen (secondary N) is 1. The maximum absolute atomic E-state index is 4.46. The van der Waals surface area contributed by atoms with Crippen molar-refractivity contribution in [2.45, 2.75) is 26.7 Å². The number of rotatable bonds is 1. The lowest BCUT2D eigenvalue weighted by atomic mass is 9.99. The van der Waals surface area contributed by atoms with Crippen LogP contribution in [0, 0.1) is 12.8 Å². The summed E-state index contributed by atoms with van der Waals surface area (Å²) in [6.45, 7) is 6.60. The Morgan fingerprint density at radius 2 is 2.06 bits per heavy atom. The van der Waals surface area contributed by atoms with E-state index in [1.54, 1.807) is 6.33 Å². The summed E-state index contributed by atoms with van der Waals surface area (Å²) in [5, 5.41) is 1.15. The van der Waals surface area contributed by atoms with Gasteiger partial charge in [0.1, 0.15) is 17.8 Å². The number of aromatic nitrogens is 3. The van der Waals surface area contributed by atoms with Crippen molar-refractivity contribution in [3.05, 3.63) is 18.1 Å². The molecular weight excluding hydrogens is 212 g/mol. The summed E-state index contributed by atoms with van der Waals surface area (Å²) in [6.07, 6.45) is 4.18. The van der Waals surface area contributed by atoms with E-state index in [4.69, 9.17) is 0 Å². The van der Waals surface area contributed by atoms with Crippen molar-refractivity contribution < 1.29 is 0 Å². The van der Waals surface area contributed by atoms with E-state index in [1.165, 1.54) is 12.8 Å². The standard InChI is InChI=1S/C13H18N4/c1-9-3-5-17(6-4-9)13-11-7-10(2)16-12(11)14-8-15-13/h7-9H,3-6H2,1-2H3,(H,14,15,16). The third-order valence-electron chi connectivity index (χ3n) is 3.62. The van der Waals surface area contributed by atoms with Crippen molar-refractivity contribution in [1.29, 1.82) is 0 Å². The van der Waals surface area contributed by atoms with E-state index in [-0.39, 0.29) is 0 Å². The summed E-state index contributed by atoms with van der Waals surface area (Å²) in [5.74, 6) is 1.93. The van der Waals surface area contributed by atoms with Gasteiger partial charge >= 0.3 is 0 Å². The zero-order valence-corrected chi connectivity index (χ0v) is 10.4. The second-order valence-electron chi connectivity index (χ2n) is 5.08. The van der Waals surface area contributed by atoms with Crippen LogP contribution >= 0.6 is 0 Å². The second kappa shape index (κ2) is 4.02. The van der Waals surface area contributed by atoms with Gasteiger partial charge in [-0.1, -0.05) is 6.92 Å². The lowest BCUT2D eigenvalue weighted by molar-refractivity contribution is 0.437. The second-order valence-corrected chi connectivity index (χ2v) is 5.08. The largest absolute Gasteiger partial charge is 0.356 e. The molecule has 0 unspecified atom stereocenters. The molecule has 1 saturated heterocycles. The highest BCUT2D eigenvalue weighted by atomic mass is 15.2. The normalized spacial score (nSPS) is 17.9. The molecule has 17 heavy (non-hydrogen) atoms. The van der Waals surface area contributed by atoms with Crippen molar-refractivity contribution in [1.82, 2.24) is 15.0 Å². The lowest BCUT2D eigenvalue weighted by Crippen LogP contribution is -2.33. The van der Waals surface area contributed by atoms with Gasteiger partial charge in [0.05, 0.1) is 5.39 Å². The number of piperidine rings is 1. The SMILES string of the molecule is Cc1cc2c(N3CCC(C)CC3)ncnc2[nH]1. The summed E-state index contributed by atoms with van der Waals surface area (Å²) < 4.78 is 0. The summed E-state index contributed by atoms with van der Waals surface area (Å²) in [5.41, 5.74) is 2.10. The predicted molar refractivity (Wildman–Crippen MR) is 69.2 cm³/mol. The smallest absolute Gasteiger partial charge is 0.143 e. The highest BCUT2D eigenvalue weighted by molar-refractivity contribution is 5.88. The van der Waals surface area contributed by atoms with Crippen LogP contribution in [0.25, 0.3) is 11.0 Å². The molecule has 4 nitrogen and oxygen atoms in total. The molecule has 2 aromatic rings. The Hall–Kier alpha value is -1.58. The number of aromatic amines is 1. The topological polar surface area (TPSA) is 44.8 Å². The fourth-order valence-electron chi connectivity index (χ4n) is 2.53. The van der Waals surface area contributed by atoms with Crippen LogP contribution in [0.3, 0.4) is 0 Å². The number of aryl methyl sites for hydroxylation is 1. The summed E-state index contributed by atoms with van der Waals surface area (Å²) in [7, 11) is 0. The third-order valence-corrected chi connectivity index (χ3v) is 3.62. The van der Waals surface area contributed by atoms with Crippen LogP contribution in [0.15, 0.2) is 12.4 Å². The average Bonchev–Trinajstić information content (AvgIpc) is 2.70. The van der Waals surface area contributed by atoms with Gasteiger partial charge in [0.25, 0.3) is 0 Å². The number of H-pyrrole nitrogens is 1. The molecule has 0 aliphatic carbocycles. The maximum Gasteiger partial charge on any atom is 0.143 e. The molecule has 4 heteroatoms. The molecule has 3 rings (SSSR count). The summed E-state index contributed by atoms with van der Waals surface area (Å²) in [6, 6.07) is 2.14. The monoisotopic (exact) mass is 230 g/mol. The van der Waals surface area contributed by atoms with Crippen LogP contribution in [-0.4, -0.2) is 28.0 Å². The Bertz CT molecular complexity index is 523. The molecule has 0 amide bonds. The number of fused-ring (bicyclic) bond motifs is 1. The lowest BCUT2D eigenvalue weighted by Gasteiger charge is -2.31. The first-order valence-corrected chi connectivity index (χ1v) is 6.29. The third kappa shape index (κ3) is 1.88. The minimum atomic E-state index is 0.844. The molecule has 1 N–H and O–H groups in total. The first-order chi connectivity index (χ1) is 8.24. The van der Waals surface area contributed by atoms with Crippen LogP contribution in [0.1, 0.15) is 25.5 Å². The first kappa shape index (κ1) is 10.6. The Morgan fingerprint density at radius 1 is 1.29 bits per heavy atom. The van der Waals surface area contributed by atoms with Crippen molar-refractivity contribution in [3.8, 4) is 0 Å². The molecule has 0 saturated carbocycles. The number of nitrogens with zero attached hydrogens (tertiary/aromatic N) is 3. The molecule has 0 atom stereocenters.